The summed E-state index contributed by atoms with van der Waals surface area (Å²) >= 11 is 3.13. The lowest BCUT2D eigenvalue weighted by atomic mass is 10.1. The van der Waals surface area contributed by atoms with Gasteiger partial charge in [-0.2, -0.15) is 0 Å². The van der Waals surface area contributed by atoms with Gasteiger partial charge in [0.05, 0.1) is 24.4 Å². The molecule has 1 N–H and O–H groups in total. The van der Waals surface area contributed by atoms with Crippen molar-refractivity contribution in [1.82, 2.24) is 14.4 Å². The molecule has 0 saturated heterocycles. The highest BCUT2D eigenvalue weighted by Crippen LogP contribution is 2.26. The van der Waals surface area contributed by atoms with E-state index in [-0.39, 0.29) is 12.3 Å². The number of nitrogens with zero attached hydrogens (tertiary/aromatic N) is 3. The second-order valence-electron chi connectivity index (χ2n) is 7.12. The number of hydrogen-bond donors (Lipinski definition) is 1. The zero-order valence-electron chi connectivity index (χ0n) is 17.3. The van der Waals surface area contributed by atoms with Gasteiger partial charge in [-0.1, -0.05) is 12.1 Å². The summed E-state index contributed by atoms with van der Waals surface area (Å²) in [5.74, 6) is 0.745. The third-order valence-electron chi connectivity index (χ3n) is 4.86. The molecule has 5 aromatic rings. The first-order chi connectivity index (χ1) is 15.7. The van der Waals surface area contributed by atoms with Crippen LogP contribution >= 0.6 is 22.7 Å². The molecule has 0 aliphatic rings. The fourth-order valence-corrected chi connectivity index (χ4v) is 4.87. The van der Waals surface area contributed by atoms with Crippen LogP contribution in [0, 0.1) is 0 Å². The summed E-state index contributed by atoms with van der Waals surface area (Å²) in [5.41, 5.74) is 4.45. The largest absolute Gasteiger partial charge is 0.494 e. The summed E-state index contributed by atoms with van der Waals surface area (Å²) in [6.45, 7) is 2.60. The molecular weight excluding hydrogens is 440 g/mol. The minimum Gasteiger partial charge on any atom is -0.494 e. The molecule has 0 radical (unpaired) electrons. The Bertz CT molecular complexity index is 1320. The molecule has 0 spiro atoms. The van der Waals surface area contributed by atoms with Crippen LogP contribution in [0.15, 0.2) is 71.7 Å². The van der Waals surface area contributed by atoms with Gasteiger partial charge >= 0.3 is 0 Å². The van der Waals surface area contributed by atoms with Crippen LogP contribution in [0.25, 0.3) is 26.8 Å². The predicted octanol–water partition coefficient (Wildman–Crippen LogP) is 5.77. The van der Waals surface area contributed by atoms with Crippen LogP contribution in [0.5, 0.6) is 5.75 Å². The zero-order valence-corrected chi connectivity index (χ0v) is 19.0. The summed E-state index contributed by atoms with van der Waals surface area (Å²) in [6.07, 6.45) is 4.22. The Morgan fingerprint density at radius 1 is 1.03 bits per heavy atom. The van der Waals surface area contributed by atoms with E-state index in [4.69, 9.17) is 4.74 Å². The predicted molar refractivity (Wildman–Crippen MR) is 130 cm³/mol. The number of rotatable bonds is 7. The number of nitrogens with one attached hydrogen (secondary N) is 1. The van der Waals surface area contributed by atoms with Crippen molar-refractivity contribution in [3.63, 3.8) is 0 Å². The van der Waals surface area contributed by atoms with E-state index in [2.05, 4.69) is 15.3 Å². The van der Waals surface area contributed by atoms with Crippen LogP contribution in [0.1, 0.15) is 12.6 Å². The van der Waals surface area contributed by atoms with Gasteiger partial charge in [0.2, 0.25) is 5.91 Å². The lowest BCUT2D eigenvalue weighted by molar-refractivity contribution is -0.115. The number of carbonyl (C=O) groups is 1. The van der Waals surface area contributed by atoms with Gasteiger partial charge < -0.3 is 10.1 Å². The summed E-state index contributed by atoms with van der Waals surface area (Å²) in [7, 11) is 0. The number of amides is 1. The van der Waals surface area contributed by atoms with Crippen molar-refractivity contribution in [3.05, 3.63) is 77.4 Å². The maximum Gasteiger partial charge on any atom is 0.230 e. The van der Waals surface area contributed by atoms with Crippen molar-refractivity contribution in [2.45, 2.75) is 13.3 Å². The number of ether oxygens (including phenoxy) is 1. The van der Waals surface area contributed by atoms with Gasteiger partial charge in [-0.05, 0) is 43.3 Å². The molecule has 6 nitrogen and oxygen atoms in total. The smallest absolute Gasteiger partial charge is 0.230 e. The third-order valence-corrected chi connectivity index (χ3v) is 6.57. The molecule has 0 saturated carbocycles. The number of imidazole rings is 1. The molecule has 3 aromatic heterocycles. The molecule has 0 atom stereocenters. The third kappa shape index (κ3) is 4.42. The SMILES string of the molecule is CCOc1ccc(-c2nc(CC(=O)Nc3ccc(-c4cn5ccsc5n4)cc3)cs2)cc1. The van der Waals surface area contributed by atoms with E-state index in [1.807, 2.05) is 83.0 Å². The maximum atomic E-state index is 12.5. The van der Waals surface area contributed by atoms with Gasteiger partial charge in [0.1, 0.15) is 10.8 Å². The van der Waals surface area contributed by atoms with Crippen molar-refractivity contribution in [2.24, 2.45) is 0 Å². The first-order valence-electron chi connectivity index (χ1n) is 10.2. The first-order valence-corrected chi connectivity index (χ1v) is 11.9. The molecule has 0 aliphatic heterocycles. The molecule has 0 fully saturated rings. The summed E-state index contributed by atoms with van der Waals surface area (Å²) in [4.78, 5) is 22.7. The molecule has 32 heavy (non-hydrogen) atoms. The van der Waals surface area contributed by atoms with E-state index >= 15 is 0 Å². The van der Waals surface area contributed by atoms with Crippen molar-refractivity contribution >= 4 is 39.2 Å². The van der Waals surface area contributed by atoms with Crippen molar-refractivity contribution in [3.8, 4) is 27.6 Å². The van der Waals surface area contributed by atoms with Crippen LogP contribution in [0.4, 0.5) is 5.69 Å². The molecule has 5 rings (SSSR count). The number of aromatic nitrogens is 3. The Hall–Kier alpha value is -3.49. The van der Waals surface area contributed by atoms with Gasteiger partial charge in [-0.3, -0.25) is 9.20 Å². The van der Waals surface area contributed by atoms with Gasteiger partial charge in [0.15, 0.2) is 4.96 Å². The standard InChI is InChI=1S/C24H20N4O2S2/c1-2-30-20-9-5-17(6-10-20)23-26-19(15-32-23)13-22(29)25-18-7-3-16(4-8-18)21-14-28-11-12-31-24(28)27-21/h3-12,14-15H,2,13H2,1H3,(H,25,29). The molecule has 1 amide bonds. The summed E-state index contributed by atoms with van der Waals surface area (Å²) in [6, 6.07) is 15.6. The van der Waals surface area contributed by atoms with Crippen LogP contribution < -0.4 is 10.1 Å². The fraction of sp³-hybridized carbons (Fsp3) is 0.125. The van der Waals surface area contributed by atoms with Gasteiger partial charge in [0.25, 0.3) is 0 Å². The van der Waals surface area contributed by atoms with Gasteiger partial charge in [0, 0.05) is 40.0 Å². The summed E-state index contributed by atoms with van der Waals surface area (Å²) < 4.78 is 7.48. The minimum atomic E-state index is -0.0937. The van der Waals surface area contributed by atoms with Gasteiger partial charge in [-0.15, -0.1) is 22.7 Å². The van der Waals surface area contributed by atoms with E-state index in [1.54, 1.807) is 11.3 Å². The highest BCUT2D eigenvalue weighted by Gasteiger charge is 2.11. The number of anilines is 1. The molecule has 0 bridgehead atoms. The average Bonchev–Trinajstić information content (AvgIpc) is 3.52. The minimum absolute atomic E-state index is 0.0937. The molecule has 3 heterocycles. The molecule has 160 valence electrons. The Balaban J connectivity index is 1.21. The lowest BCUT2D eigenvalue weighted by Gasteiger charge is -2.05. The zero-order chi connectivity index (χ0) is 21.9. The quantitative estimate of drug-likeness (QED) is 0.335. The molecule has 2 aromatic carbocycles. The number of hydrogen-bond acceptors (Lipinski definition) is 6. The first kappa shape index (κ1) is 20.4. The fourth-order valence-electron chi connectivity index (χ4n) is 3.34. The van der Waals surface area contributed by atoms with Crippen molar-refractivity contribution in [1.29, 1.82) is 0 Å². The number of carbonyl (C=O) groups excluding carboxylic acids is 1. The van der Waals surface area contributed by atoms with Crippen LogP contribution in [0.3, 0.4) is 0 Å². The van der Waals surface area contributed by atoms with E-state index in [0.29, 0.717) is 6.61 Å². The highest BCUT2D eigenvalue weighted by atomic mass is 32.1. The van der Waals surface area contributed by atoms with Crippen LogP contribution in [-0.4, -0.2) is 26.9 Å². The van der Waals surface area contributed by atoms with Crippen LogP contribution in [-0.2, 0) is 11.2 Å². The molecular formula is C24H20N4O2S2. The molecule has 0 unspecified atom stereocenters. The normalized spacial score (nSPS) is 11.0. The Labute approximate surface area is 193 Å². The Morgan fingerprint density at radius 2 is 1.81 bits per heavy atom. The Kier molecular flexibility index (Phi) is 5.70. The lowest BCUT2D eigenvalue weighted by Crippen LogP contribution is -2.14. The Morgan fingerprint density at radius 3 is 2.56 bits per heavy atom. The maximum absolute atomic E-state index is 12.5. The van der Waals surface area contributed by atoms with Crippen LogP contribution in [0.2, 0.25) is 0 Å². The topological polar surface area (TPSA) is 68.5 Å². The monoisotopic (exact) mass is 460 g/mol. The van der Waals surface area contributed by atoms with Crippen molar-refractivity contribution < 1.29 is 9.53 Å². The molecule has 8 heteroatoms. The van der Waals surface area contributed by atoms with E-state index in [0.717, 1.165) is 43.9 Å². The average molecular weight is 461 g/mol. The number of benzene rings is 2. The highest BCUT2D eigenvalue weighted by molar-refractivity contribution is 7.15. The van der Waals surface area contributed by atoms with E-state index in [9.17, 15) is 4.79 Å². The second kappa shape index (κ2) is 8.94. The summed E-state index contributed by atoms with van der Waals surface area (Å²) in [5, 5.41) is 7.77. The number of fused-ring (bicyclic) bond motifs is 1. The van der Waals surface area contributed by atoms with E-state index < -0.39 is 0 Å². The second-order valence-corrected chi connectivity index (χ2v) is 8.85. The number of thiazole rings is 2. The molecule has 0 aliphatic carbocycles. The van der Waals surface area contributed by atoms with Crippen molar-refractivity contribution in [2.75, 3.05) is 11.9 Å². The van der Waals surface area contributed by atoms with E-state index in [1.165, 1.54) is 11.3 Å². The van der Waals surface area contributed by atoms with Gasteiger partial charge in [-0.25, -0.2) is 9.97 Å².